The minimum absolute atomic E-state index is 0. The molecule has 0 spiro atoms. The molecular weight excluding hydrogens is 392 g/mol. The monoisotopic (exact) mass is 415 g/mol. The summed E-state index contributed by atoms with van der Waals surface area (Å²) in [6.07, 6.45) is 4.60. The SMILES string of the molecule is Cl.Cl.NC[C@H]1CCC[C@H]1C(=O)NCc1cc(Oc2ccc(F)cc2)ccn1. The van der Waals surface area contributed by atoms with Crippen LogP contribution < -0.4 is 15.8 Å². The van der Waals surface area contributed by atoms with E-state index in [0.29, 0.717) is 30.3 Å². The van der Waals surface area contributed by atoms with Gasteiger partial charge in [0.2, 0.25) is 5.91 Å². The first-order valence-electron chi connectivity index (χ1n) is 8.52. The molecule has 3 rings (SSSR count). The summed E-state index contributed by atoms with van der Waals surface area (Å²) in [6.45, 7) is 0.893. The van der Waals surface area contributed by atoms with Crippen molar-refractivity contribution in [1.29, 1.82) is 0 Å². The van der Waals surface area contributed by atoms with E-state index in [1.807, 2.05) is 0 Å². The predicted molar refractivity (Wildman–Crippen MR) is 107 cm³/mol. The van der Waals surface area contributed by atoms with Gasteiger partial charge in [-0.1, -0.05) is 6.42 Å². The quantitative estimate of drug-likeness (QED) is 0.750. The summed E-state index contributed by atoms with van der Waals surface area (Å²) in [5, 5.41) is 2.94. The number of hydrogen-bond acceptors (Lipinski definition) is 4. The van der Waals surface area contributed by atoms with Gasteiger partial charge in [0, 0.05) is 18.2 Å². The molecular formula is C19H24Cl2FN3O2. The van der Waals surface area contributed by atoms with Gasteiger partial charge in [-0.25, -0.2) is 4.39 Å². The van der Waals surface area contributed by atoms with E-state index in [0.717, 1.165) is 19.3 Å². The summed E-state index contributed by atoms with van der Waals surface area (Å²) < 4.78 is 18.6. The molecule has 1 amide bonds. The normalized spacial score (nSPS) is 18.1. The Hall–Kier alpha value is -1.89. The fraction of sp³-hybridized carbons (Fsp3) is 0.368. The van der Waals surface area contributed by atoms with Gasteiger partial charge in [0.1, 0.15) is 17.3 Å². The summed E-state index contributed by atoms with van der Waals surface area (Å²) in [5.41, 5.74) is 6.44. The molecule has 0 radical (unpaired) electrons. The molecule has 1 fully saturated rings. The highest BCUT2D eigenvalue weighted by molar-refractivity contribution is 5.85. The number of nitrogens with zero attached hydrogens (tertiary/aromatic N) is 1. The lowest BCUT2D eigenvalue weighted by Crippen LogP contribution is -2.34. The molecule has 0 saturated heterocycles. The topological polar surface area (TPSA) is 77.2 Å². The first-order chi connectivity index (χ1) is 12.2. The lowest BCUT2D eigenvalue weighted by molar-refractivity contribution is -0.126. The van der Waals surface area contributed by atoms with Crippen molar-refractivity contribution in [2.45, 2.75) is 25.8 Å². The van der Waals surface area contributed by atoms with Crippen LogP contribution in [0.5, 0.6) is 11.5 Å². The standard InChI is InChI=1S/C19H22FN3O2.2ClH/c20-14-4-6-16(7-5-14)25-17-8-9-22-15(10-17)12-23-19(24)18-3-1-2-13(18)11-21;;/h4-10,13,18H,1-3,11-12,21H2,(H,23,24);2*1H/t13-,18-;;/m1../s1. The third kappa shape index (κ3) is 6.34. The summed E-state index contributed by atoms with van der Waals surface area (Å²) in [7, 11) is 0. The van der Waals surface area contributed by atoms with Gasteiger partial charge in [-0.05, 0) is 55.6 Å². The van der Waals surface area contributed by atoms with Gasteiger partial charge in [-0.15, -0.1) is 24.8 Å². The number of ether oxygens (including phenoxy) is 1. The molecule has 1 heterocycles. The number of aromatic nitrogens is 1. The van der Waals surface area contributed by atoms with Crippen molar-refractivity contribution < 1.29 is 13.9 Å². The molecule has 1 aromatic heterocycles. The van der Waals surface area contributed by atoms with Crippen LogP contribution in [-0.4, -0.2) is 17.4 Å². The minimum atomic E-state index is -0.312. The number of halogens is 3. The van der Waals surface area contributed by atoms with Gasteiger partial charge in [0.25, 0.3) is 0 Å². The Morgan fingerprint density at radius 3 is 2.63 bits per heavy atom. The smallest absolute Gasteiger partial charge is 0.223 e. The average molecular weight is 416 g/mol. The van der Waals surface area contributed by atoms with Crippen LogP contribution in [0.25, 0.3) is 0 Å². The van der Waals surface area contributed by atoms with E-state index in [2.05, 4.69) is 10.3 Å². The van der Waals surface area contributed by atoms with Gasteiger partial charge in [-0.3, -0.25) is 9.78 Å². The zero-order chi connectivity index (χ0) is 17.6. The van der Waals surface area contributed by atoms with Gasteiger partial charge < -0.3 is 15.8 Å². The molecule has 2 atom stereocenters. The predicted octanol–water partition coefficient (Wildman–Crippen LogP) is 3.85. The molecule has 0 bridgehead atoms. The summed E-state index contributed by atoms with van der Waals surface area (Å²) in [4.78, 5) is 16.6. The van der Waals surface area contributed by atoms with Crippen molar-refractivity contribution in [2.24, 2.45) is 17.6 Å². The number of benzene rings is 1. The summed E-state index contributed by atoms with van der Waals surface area (Å²) in [5.74, 6) is 1.14. The number of rotatable bonds is 6. The van der Waals surface area contributed by atoms with Crippen LogP contribution in [0.4, 0.5) is 4.39 Å². The van der Waals surface area contributed by atoms with Crippen molar-refractivity contribution in [3.05, 3.63) is 54.1 Å². The molecule has 27 heavy (non-hydrogen) atoms. The highest BCUT2D eigenvalue weighted by Gasteiger charge is 2.31. The van der Waals surface area contributed by atoms with Crippen LogP contribution in [0.1, 0.15) is 25.0 Å². The fourth-order valence-corrected chi connectivity index (χ4v) is 3.23. The van der Waals surface area contributed by atoms with Crippen LogP contribution in [0.2, 0.25) is 0 Å². The van der Waals surface area contributed by atoms with Gasteiger partial charge in [-0.2, -0.15) is 0 Å². The van der Waals surface area contributed by atoms with Crippen LogP contribution >= 0.6 is 24.8 Å². The van der Waals surface area contributed by atoms with Crippen LogP contribution in [0.3, 0.4) is 0 Å². The maximum Gasteiger partial charge on any atom is 0.223 e. The maximum absolute atomic E-state index is 12.9. The van der Waals surface area contributed by atoms with Gasteiger partial charge >= 0.3 is 0 Å². The van der Waals surface area contributed by atoms with Crippen molar-refractivity contribution in [1.82, 2.24) is 10.3 Å². The summed E-state index contributed by atoms with van der Waals surface area (Å²) in [6, 6.07) is 9.28. The van der Waals surface area contributed by atoms with Crippen LogP contribution in [0.15, 0.2) is 42.6 Å². The lowest BCUT2D eigenvalue weighted by Gasteiger charge is -2.17. The van der Waals surface area contributed by atoms with Crippen molar-refractivity contribution in [3.63, 3.8) is 0 Å². The molecule has 0 unspecified atom stereocenters. The van der Waals surface area contributed by atoms with E-state index in [1.165, 1.54) is 12.1 Å². The second-order valence-corrected chi connectivity index (χ2v) is 6.29. The molecule has 2 aromatic rings. The molecule has 5 nitrogen and oxygen atoms in total. The Morgan fingerprint density at radius 1 is 1.19 bits per heavy atom. The number of nitrogens with one attached hydrogen (secondary N) is 1. The third-order valence-corrected chi connectivity index (χ3v) is 4.58. The Kier molecular flexibility index (Phi) is 9.49. The highest BCUT2D eigenvalue weighted by atomic mass is 35.5. The second-order valence-electron chi connectivity index (χ2n) is 6.29. The molecule has 148 valence electrons. The number of nitrogens with two attached hydrogens (primary N) is 1. The second kappa shape index (κ2) is 11.1. The zero-order valence-electron chi connectivity index (χ0n) is 14.8. The number of carbonyl (C=O) groups is 1. The number of pyridine rings is 1. The minimum Gasteiger partial charge on any atom is -0.457 e. The van der Waals surface area contributed by atoms with Gasteiger partial charge in [0.15, 0.2) is 0 Å². The average Bonchev–Trinajstić information content (AvgIpc) is 3.11. The van der Waals surface area contributed by atoms with E-state index in [-0.39, 0.29) is 48.4 Å². The van der Waals surface area contributed by atoms with Gasteiger partial charge in [0.05, 0.1) is 12.2 Å². The molecule has 1 aromatic carbocycles. The molecule has 1 saturated carbocycles. The third-order valence-electron chi connectivity index (χ3n) is 4.58. The van der Waals surface area contributed by atoms with E-state index < -0.39 is 0 Å². The van der Waals surface area contributed by atoms with E-state index in [1.54, 1.807) is 30.5 Å². The van der Waals surface area contributed by atoms with E-state index in [9.17, 15) is 9.18 Å². The Labute approximate surface area is 170 Å². The van der Waals surface area contributed by atoms with E-state index >= 15 is 0 Å². The molecule has 0 aliphatic heterocycles. The Morgan fingerprint density at radius 2 is 1.93 bits per heavy atom. The largest absolute Gasteiger partial charge is 0.457 e. The number of hydrogen-bond donors (Lipinski definition) is 2. The Balaban J connectivity index is 0.00000182. The number of carbonyl (C=O) groups excluding carboxylic acids is 1. The first-order valence-corrected chi connectivity index (χ1v) is 8.52. The van der Waals surface area contributed by atoms with Crippen molar-refractivity contribution >= 4 is 30.7 Å². The highest BCUT2D eigenvalue weighted by Crippen LogP contribution is 2.31. The van der Waals surface area contributed by atoms with E-state index in [4.69, 9.17) is 10.5 Å². The Bertz CT molecular complexity index is 731. The lowest BCUT2D eigenvalue weighted by atomic mass is 9.95. The maximum atomic E-state index is 12.9. The molecule has 1 aliphatic carbocycles. The zero-order valence-corrected chi connectivity index (χ0v) is 16.4. The first kappa shape index (κ1) is 23.1. The van der Waals surface area contributed by atoms with Crippen molar-refractivity contribution in [3.8, 4) is 11.5 Å². The summed E-state index contributed by atoms with van der Waals surface area (Å²) >= 11 is 0. The fourth-order valence-electron chi connectivity index (χ4n) is 3.23. The molecule has 3 N–H and O–H groups in total. The van der Waals surface area contributed by atoms with Crippen molar-refractivity contribution in [2.75, 3.05) is 6.54 Å². The van der Waals surface area contributed by atoms with Crippen LogP contribution in [0, 0.1) is 17.7 Å². The molecule has 1 aliphatic rings. The van der Waals surface area contributed by atoms with Crippen LogP contribution in [-0.2, 0) is 11.3 Å². The molecule has 8 heteroatoms. The number of amides is 1.